The van der Waals surface area contributed by atoms with E-state index < -0.39 is 5.82 Å². The van der Waals surface area contributed by atoms with E-state index in [0.29, 0.717) is 43.2 Å². The van der Waals surface area contributed by atoms with E-state index in [2.05, 4.69) is 45.1 Å². The Morgan fingerprint density at radius 3 is 2.75 bits per heavy atom. The average Bonchev–Trinajstić information content (AvgIpc) is 3.41. The summed E-state index contributed by atoms with van der Waals surface area (Å²) in [5.74, 6) is 0.00425. The van der Waals surface area contributed by atoms with Crippen molar-refractivity contribution in [3.63, 3.8) is 0 Å². The lowest BCUT2D eigenvalue weighted by Gasteiger charge is -2.18. The quantitative estimate of drug-likeness (QED) is 0.239. The summed E-state index contributed by atoms with van der Waals surface area (Å²) in [7, 11) is 0. The van der Waals surface area contributed by atoms with Crippen molar-refractivity contribution in [1.29, 1.82) is 0 Å². The number of amides is 1. The van der Waals surface area contributed by atoms with E-state index in [0.717, 1.165) is 40.9 Å². The lowest BCUT2D eigenvalue weighted by Crippen LogP contribution is -2.30. The molecule has 1 aliphatic heterocycles. The van der Waals surface area contributed by atoms with Gasteiger partial charge in [-0.3, -0.25) is 4.79 Å². The third-order valence-corrected chi connectivity index (χ3v) is 7.62. The molecule has 0 aliphatic carbocycles. The summed E-state index contributed by atoms with van der Waals surface area (Å²) in [5, 5.41) is 18.6. The Morgan fingerprint density at radius 2 is 1.90 bits per heavy atom. The molecule has 3 heterocycles. The zero-order valence-electron chi connectivity index (χ0n) is 23.2. The largest absolute Gasteiger partial charge is 0.490 e. The molecule has 1 amide bonds. The van der Waals surface area contributed by atoms with Gasteiger partial charge in [0.2, 0.25) is 5.91 Å². The molecule has 4 aromatic rings. The standard InChI is InChI=1S/C31H35FN4O3S/c1-31(2,3)18-27(37)34-11-12-38-13-14-39-26-17-23(32)6-7-24(26)29-30-25(9-15-40-30)28(35-36-29)21-4-5-22-19-33-10-8-20(22)16-21/h4-7,9,15-17,33H,8,10-14,18-19H2,1-3H3,(H,34,37). The minimum Gasteiger partial charge on any atom is -0.490 e. The van der Waals surface area contributed by atoms with Gasteiger partial charge in [0.05, 0.1) is 17.9 Å². The van der Waals surface area contributed by atoms with Crippen molar-refractivity contribution >= 4 is 27.3 Å². The van der Waals surface area contributed by atoms with Crippen molar-refractivity contribution in [2.24, 2.45) is 5.41 Å². The zero-order valence-corrected chi connectivity index (χ0v) is 24.0. The van der Waals surface area contributed by atoms with Gasteiger partial charge < -0.3 is 20.1 Å². The van der Waals surface area contributed by atoms with E-state index in [1.807, 2.05) is 26.2 Å². The molecule has 0 atom stereocenters. The highest BCUT2D eigenvalue weighted by molar-refractivity contribution is 7.17. The summed E-state index contributed by atoms with van der Waals surface area (Å²) >= 11 is 1.58. The fourth-order valence-electron chi connectivity index (χ4n) is 4.82. The number of carbonyl (C=O) groups is 1. The molecular weight excluding hydrogens is 527 g/mol. The van der Waals surface area contributed by atoms with E-state index in [1.165, 1.54) is 23.3 Å². The Labute approximate surface area is 238 Å². The van der Waals surface area contributed by atoms with Crippen LogP contribution < -0.4 is 15.4 Å². The SMILES string of the molecule is CC(C)(C)CC(=O)NCCOCCOc1cc(F)ccc1-c1nnc(-c2ccc3c(c2)CCNC3)c2ccsc12. The summed E-state index contributed by atoms with van der Waals surface area (Å²) < 4.78 is 26.8. The molecular formula is C31H35FN4O3S. The number of ether oxygens (including phenoxy) is 2. The van der Waals surface area contributed by atoms with Crippen molar-refractivity contribution < 1.29 is 18.7 Å². The maximum atomic E-state index is 14.2. The fraction of sp³-hybridized carbons (Fsp3) is 0.387. The van der Waals surface area contributed by atoms with Gasteiger partial charge in [-0.15, -0.1) is 21.5 Å². The van der Waals surface area contributed by atoms with Crippen molar-refractivity contribution in [2.75, 3.05) is 32.9 Å². The number of halogens is 1. The van der Waals surface area contributed by atoms with Crippen molar-refractivity contribution in [3.8, 4) is 28.3 Å². The minimum atomic E-state index is -0.392. The van der Waals surface area contributed by atoms with Crippen LogP contribution in [0.15, 0.2) is 47.8 Å². The van der Waals surface area contributed by atoms with E-state index in [-0.39, 0.29) is 17.9 Å². The molecule has 0 radical (unpaired) electrons. The first-order valence-electron chi connectivity index (χ1n) is 13.6. The summed E-state index contributed by atoms with van der Waals surface area (Å²) in [5.41, 5.74) is 5.84. The van der Waals surface area contributed by atoms with Crippen molar-refractivity contribution in [2.45, 2.75) is 40.2 Å². The minimum absolute atomic E-state index is 0.00713. The number of rotatable bonds is 10. The highest BCUT2D eigenvalue weighted by Crippen LogP contribution is 2.39. The summed E-state index contributed by atoms with van der Waals surface area (Å²) in [4.78, 5) is 11.9. The normalized spacial score (nSPS) is 13.3. The molecule has 9 heteroatoms. The molecule has 210 valence electrons. The van der Waals surface area contributed by atoms with Gasteiger partial charge in [0.15, 0.2) is 0 Å². The Hall–Kier alpha value is -3.40. The van der Waals surface area contributed by atoms with E-state index >= 15 is 0 Å². The van der Waals surface area contributed by atoms with E-state index in [1.54, 1.807) is 17.4 Å². The van der Waals surface area contributed by atoms with Crippen molar-refractivity contribution in [3.05, 3.63) is 64.8 Å². The summed E-state index contributed by atoms with van der Waals surface area (Å²) in [6.45, 7) is 9.28. The number of thiophene rings is 1. The van der Waals surface area contributed by atoms with Crippen molar-refractivity contribution in [1.82, 2.24) is 20.8 Å². The summed E-state index contributed by atoms with van der Waals surface area (Å²) in [6.07, 6.45) is 1.46. The summed E-state index contributed by atoms with van der Waals surface area (Å²) in [6, 6.07) is 13.0. The van der Waals surface area contributed by atoms with Crippen LogP contribution >= 0.6 is 11.3 Å². The zero-order chi connectivity index (χ0) is 28.1. The number of fused-ring (bicyclic) bond motifs is 2. The lowest BCUT2D eigenvalue weighted by atomic mass is 9.92. The third-order valence-electron chi connectivity index (χ3n) is 6.70. The molecule has 2 aromatic carbocycles. The molecule has 2 N–H and O–H groups in total. The van der Waals surface area contributed by atoms with Crippen LogP contribution in [0.1, 0.15) is 38.3 Å². The molecule has 0 fully saturated rings. The van der Waals surface area contributed by atoms with Crippen LogP contribution in [0.5, 0.6) is 5.75 Å². The third kappa shape index (κ3) is 6.83. The Morgan fingerprint density at radius 1 is 1.05 bits per heavy atom. The number of benzene rings is 2. The van der Waals surface area contributed by atoms with Gasteiger partial charge in [-0.1, -0.05) is 32.9 Å². The van der Waals surface area contributed by atoms with Crippen LogP contribution in [0, 0.1) is 11.2 Å². The molecule has 7 nitrogen and oxygen atoms in total. The predicted octanol–water partition coefficient (Wildman–Crippen LogP) is 5.76. The molecule has 40 heavy (non-hydrogen) atoms. The van der Waals surface area contributed by atoms with Crippen LogP contribution in [0.4, 0.5) is 4.39 Å². The molecule has 0 saturated carbocycles. The predicted molar refractivity (Wildman–Crippen MR) is 157 cm³/mol. The molecule has 1 aliphatic rings. The Bertz CT molecular complexity index is 1500. The van der Waals surface area contributed by atoms with Gasteiger partial charge in [0.25, 0.3) is 0 Å². The second kappa shape index (κ2) is 12.4. The lowest BCUT2D eigenvalue weighted by molar-refractivity contribution is -0.123. The molecule has 0 bridgehead atoms. The topological polar surface area (TPSA) is 85.4 Å². The van der Waals surface area contributed by atoms with Crippen LogP contribution in [0.2, 0.25) is 0 Å². The van der Waals surface area contributed by atoms with Crippen LogP contribution in [0.25, 0.3) is 32.6 Å². The first kappa shape index (κ1) is 28.1. The Balaban J connectivity index is 1.27. The molecule has 0 saturated heterocycles. The number of nitrogens with zero attached hydrogens (tertiary/aromatic N) is 2. The number of nitrogens with one attached hydrogen (secondary N) is 2. The second-order valence-electron chi connectivity index (χ2n) is 11.2. The first-order chi connectivity index (χ1) is 19.3. The van der Waals surface area contributed by atoms with Gasteiger partial charge in [-0.2, -0.15) is 0 Å². The number of hydrogen-bond donors (Lipinski definition) is 2. The van der Waals surface area contributed by atoms with Gasteiger partial charge >= 0.3 is 0 Å². The maximum absolute atomic E-state index is 14.2. The van der Waals surface area contributed by atoms with Gasteiger partial charge in [-0.05, 0) is 59.2 Å². The highest BCUT2D eigenvalue weighted by Gasteiger charge is 2.19. The highest BCUT2D eigenvalue weighted by atomic mass is 32.1. The average molecular weight is 563 g/mol. The van der Waals surface area contributed by atoms with Crippen LogP contribution in [-0.4, -0.2) is 49.0 Å². The second-order valence-corrected chi connectivity index (χ2v) is 12.1. The van der Waals surface area contributed by atoms with Gasteiger partial charge in [-0.25, -0.2) is 4.39 Å². The van der Waals surface area contributed by atoms with E-state index in [9.17, 15) is 9.18 Å². The first-order valence-corrected chi connectivity index (χ1v) is 14.5. The fourth-order valence-corrected chi connectivity index (χ4v) is 5.72. The van der Waals surface area contributed by atoms with Gasteiger partial charge in [0.1, 0.15) is 29.6 Å². The number of hydrogen-bond acceptors (Lipinski definition) is 7. The molecule has 5 rings (SSSR count). The monoisotopic (exact) mass is 562 g/mol. The van der Waals surface area contributed by atoms with Gasteiger partial charge in [0, 0.05) is 42.1 Å². The number of aromatic nitrogens is 2. The van der Waals surface area contributed by atoms with Crippen LogP contribution in [0.3, 0.4) is 0 Å². The maximum Gasteiger partial charge on any atom is 0.220 e. The molecule has 2 aromatic heterocycles. The smallest absolute Gasteiger partial charge is 0.220 e. The van der Waals surface area contributed by atoms with Crippen LogP contribution in [-0.2, 0) is 22.5 Å². The Kier molecular flexibility index (Phi) is 8.73. The molecule has 0 spiro atoms. The van der Waals surface area contributed by atoms with E-state index in [4.69, 9.17) is 9.47 Å². The molecule has 0 unspecified atom stereocenters. The number of carbonyl (C=O) groups excluding carboxylic acids is 1.